The Morgan fingerprint density at radius 2 is 1.92 bits per heavy atom. The lowest BCUT2D eigenvalue weighted by molar-refractivity contribution is -0.139. The van der Waals surface area contributed by atoms with E-state index < -0.39 is 5.97 Å². The largest absolute Gasteiger partial charge is 0.481 e. The average Bonchev–Trinajstić information content (AvgIpc) is 2.08. The molecular formula is C9H14O4. The first-order valence-corrected chi connectivity index (χ1v) is 4.19. The molecule has 0 saturated heterocycles. The van der Waals surface area contributed by atoms with E-state index in [0.717, 1.165) is 0 Å². The zero-order valence-corrected chi connectivity index (χ0v) is 7.66. The SMILES string of the molecule is CC=COC(=O)CCCCC(=O)O. The van der Waals surface area contributed by atoms with Crippen molar-refractivity contribution >= 4 is 11.9 Å². The van der Waals surface area contributed by atoms with Gasteiger partial charge in [-0.1, -0.05) is 6.08 Å². The summed E-state index contributed by atoms with van der Waals surface area (Å²) in [7, 11) is 0. The van der Waals surface area contributed by atoms with Crippen molar-refractivity contribution in [2.75, 3.05) is 0 Å². The van der Waals surface area contributed by atoms with Gasteiger partial charge in [-0.3, -0.25) is 9.59 Å². The second kappa shape index (κ2) is 7.34. The zero-order valence-electron chi connectivity index (χ0n) is 7.66. The maximum Gasteiger partial charge on any atom is 0.310 e. The fourth-order valence-electron chi connectivity index (χ4n) is 0.748. The topological polar surface area (TPSA) is 63.6 Å². The van der Waals surface area contributed by atoms with E-state index in [2.05, 4.69) is 4.74 Å². The molecule has 0 fully saturated rings. The van der Waals surface area contributed by atoms with Crippen LogP contribution in [0.3, 0.4) is 0 Å². The number of aliphatic carboxylic acids is 1. The molecule has 0 aliphatic rings. The molecule has 0 aromatic heterocycles. The van der Waals surface area contributed by atoms with Crippen LogP contribution in [-0.4, -0.2) is 17.0 Å². The number of carbonyl (C=O) groups is 2. The minimum Gasteiger partial charge on any atom is -0.481 e. The van der Waals surface area contributed by atoms with Crippen LogP contribution < -0.4 is 0 Å². The normalized spacial score (nSPS) is 10.2. The predicted molar refractivity (Wildman–Crippen MR) is 47.0 cm³/mol. The van der Waals surface area contributed by atoms with Crippen molar-refractivity contribution in [3.63, 3.8) is 0 Å². The number of hydrogen-bond acceptors (Lipinski definition) is 3. The van der Waals surface area contributed by atoms with Gasteiger partial charge < -0.3 is 9.84 Å². The fourth-order valence-corrected chi connectivity index (χ4v) is 0.748. The van der Waals surface area contributed by atoms with Crippen LogP contribution in [0.25, 0.3) is 0 Å². The number of rotatable bonds is 6. The summed E-state index contributed by atoms with van der Waals surface area (Å²) in [6.07, 6.45) is 4.39. The van der Waals surface area contributed by atoms with Crippen LogP contribution in [-0.2, 0) is 14.3 Å². The van der Waals surface area contributed by atoms with Crippen molar-refractivity contribution in [2.24, 2.45) is 0 Å². The molecule has 1 N–H and O–H groups in total. The van der Waals surface area contributed by atoms with E-state index in [1.54, 1.807) is 13.0 Å². The molecule has 0 aliphatic carbocycles. The summed E-state index contributed by atoms with van der Waals surface area (Å²) in [4.78, 5) is 20.9. The molecule has 0 aromatic rings. The maximum absolute atomic E-state index is 10.8. The van der Waals surface area contributed by atoms with Crippen LogP contribution in [0, 0.1) is 0 Å². The van der Waals surface area contributed by atoms with Gasteiger partial charge in [0.2, 0.25) is 0 Å². The Morgan fingerprint density at radius 1 is 1.31 bits per heavy atom. The van der Waals surface area contributed by atoms with Gasteiger partial charge in [0.1, 0.15) is 0 Å². The number of carbonyl (C=O) groups excluding carboxylic acids is 1. The molecule has 13 heavy (non-hydrogen) atoms. The molecule has 0 heterocycles. The highest BCUT2D eigenvalue weighted by Crippen LogP contribution is 2.01. The number of ether oxygens (including phenoxy) is 1. The molecule has 74 valence electrons. The molecule has 0 aromatic carbocycles. The van der Waals surface area contributed by atoms with Gasteiger partial charge in [-0.05, 0) is 19.8 Å². The van der Waals surface area contributed by atoms with Crippen LogP contribution in [0.5, 0.6) is 0 Å². The molecule has 0 unspecified atom stereocenters. The first-order chi connectivity index (χ1) is 6.16. The minimum atomic E-state index is -0.832. The lowest BCUT2D eigenvalue weighted by Gasteiger charge is -1.97. The van der Waals surface area contributed by atoms with E-state index in [1.807, 2.05) is 0 Å². The Labute approximate surface area is 77.2 Å². The number of hydrogen-bond donors (Lipinski definition) is 1. The average molecular weight is 186 g/mol. The molecule has 4 heteroatoms. The number of carboxylic acid groups (broad SMARTS) is 1. The van der Waals surface area contributed by atoms with Gasteiger partial charge >= 0.3 is 11.9 Å². The smallest absolute Gasteiger partial charge is 0.310 e. The van der Waals surface area contributed by atoms with Crippen molar-refractivity contribution < 1.29 is 19.4 Å². The highest BCUT2D eigenvalue weighted by Gasteiger charge is 2.02. The zero-order chi connectivity index (χ0) is 10.1. The minimum absolute atomic E-state index is 0.108. The highest BCUT2D eigenvalue weighted by atomic mass is 16.5. The summed E-state index contributed by atoms with van der Waals surface area (Å²) in [6, 6.07) is 0. The predicted octanol–water partition coefficient (Wildman–Crippen LogP) is 1.71. The molecule has 4 nitrogen and oxygen atoms in total. The number of allylic oxidation sites excluding steroid dienone is 1. The van der Waals surface area contributed by atoms with E-state index in [9.17, 15) is 9.59 Å². The third kappa shape index (κ3) is 8.59. The quantitative estimate of drug-likeness (QED) is 0.389. The van der Waals surface area contributed by atoms with Crippen molar-refractivity contribution in [2.45, 2.75) is 32.6 Å². The van der Waals surface area contributed by atoms with Gasteiger partial charge in [0.15, 0.2) is 0 Å². The van der Waals surface area contributed by atoms with Crippen molar-refractivity contribution in [3.05, 3.63) is 12.3 Å². The Morgan fingerprint density at radius 3 is 2.46 bits per heavy atom. The molecule has 0 rings (SSSR count). The first kappa shape index (κ1) is 11.7. The molecule has 0 spiro atoms. The second-order valence-corrected chi connectivity index (χ2v) is 2.56. The van der Waals surface area contributed by atoms with Crippen molar-refractivity contribution in [1.29, 1.82) is 0 Å². The third-order valence-corrected chi connectivity index (χ3v) is 1.36. The van der Waals surface area contributed by atoms with E-state index in [4.69, 9.17) is 5.11 Å². The van der Waals surface area contributed by atoms with Crippen LogP contribution in [0.1, 0.15) is 32.6 Å². The fraction of sp³-hybridized carbons (Fsp3) is 0.556. The molecule has 0 bridgehead atoms. The summed E-state index contributed by atoms with van der Waals surface area (Å²) >= 11 is 0. The van der Waals surface area contributed by atoms with Crippen LogP contribution >= 0.6 is 0 Å². The van der Waals surface area contributed by atoms with E-state index in [-0.39, 0.29) is 18.8 Å². The summed E-state index contributed by atoms with van der Waals surface area (Å²) in [5.74, 6) is -1.15. The van der Waals surface area contributed by atoms with Gasteiger partial charge in [-0.15, -0.1) is 0 Å². The summed E-state index contributed by atoms with van der Waals surface area (Å²) < 4.78 is 4.63. The lowest BCUT2D eigenvalue weighted by atomic mass is 10.2. The molecule has 0 amide bonds. The number of carboxylic acids is 1. The third-order valence-electron chi connectivity index (χ3n) is 1.36. The Bertz CT molecular complexity index is 196. The lowest BCUT2D eigenvalue weighted by Crippen LogP contribution is -2.00. The molecule has 0 aliphatic heterocycles. The molecular weight excluding hydrogens is 172 g/mol. The Kier molecular flexibility index (Phi) is 6.59. The summed E-state index contributed by atoms with van der Waals surface area (Å²) in [6.45, 7) is 1.75. The van der Waals surface area contributed by atoms with E-state index >= 15 is 0 Å². The van der Waals surface area contributed by atoms with Gasteiger partial charge in [0.25, 0.3) is 0 Å². The Hall–Kier alpha value is -1.32. The first-order valence-electron chi connectivity index (χ1n) is 4.19. The summed E-state index contributed by atoms with van der Waals surface area (Å²) in [5, 5.41) is 8.29. The summed E-state index contributed by atoms with van der Waals surface area (Å²) in [5.41, 5.74) is 0. The van der Waals surface area contributed by atoms with Gasteiger partial charge in [0.05, 0.1) is 6.26 Å². The highest BCUT2D eigenvalue weighted by molar-refractivity contribution is 5.70. The monoisotopic (exact) mass is 186 g/mol. The van der Waals surface area contributed by atoms with Gasteiger partial charge in [0, 0.05) is 12.8 Å². The molecule has 0 saturated carbocycles. The second-order valence-electron chi connectivity index (χ2n) is 2.56. The standard InChI is InChI=1S/C9H14O4/c1-2-7-13-9(12)6-4-3-5-8(10)11/h2,7H,3-6H2,1H3,(H,10,11). The number of unbranched alkanes of at least 4 members (excludes halogenated alkanes) is 1. The van der Waals surface area contributed by atoms with Gasteiger partial charge in [-0.2, -0.15) is 0 Å². The van der Waals surface area contributed by atoms with Crippen molar-refractivity contribution in [1.82, 2.24) is 0 Å². The maximum atomic E-state index is 10.8. The van der Waals surface area contributed by atoms with Crippen LogP contribution in [0.4, 0.5) is 0 Å². The Balaban J connectivity index is 3.32. The van der Waals surface area contributed by atoms with Crippen LogP contribution in [0.15, 0.2) is 12.3 Å². The van der Waals surface area contributed by atoms with Crippen LogP contribution in [0.2, 0.25) is 0 Å². The molecule has 0 atom stereocenters. The van der Waals surface area contributed by atoms with E-state index in [1.165, 1.54) is 6.26 Å². The van der Waals surface area contributed by atoms with Crippen molar-refractivity contribution in [3.8, 4) is 0 Å². The van der Waals surface area contributed by atoms with Gasteiger partial charge in [-0.25, -0.2) is 0 Å². The number of esters is 1. The molecule has 0 radical (unpaired) electrons. The van der Waals surface area contributed by atoms with E-state index in [0.29, 0.717) is 12.8 Å².